The SMILES string of the molecule is C[C@@H](NC(=O)/C(=C/c1ccco1)NC(=O)c1ccccc1)c1ccccc1. The molecule has 27 heavy (non-hydrogen) atoms. The molecule has 0 saturated carbocycles. The lowest BCUT2D eigenvalue weighted by atomic mass is 10.1. The van der Waals surface area contributed by atoms with Crippen LogP contribution in [0.4, 0.5) is 0 Å². The smallest absolute Gasteiger partial charge is 0.268 e. The van der Waals surface area contributed by atoms with Crippen LogP contribution in [0.5, 0.6) is 0 Å². The van der Waals surface area contributed by atoms with Crippen molar-refractivity contribution in [2.75, 3.05) is 0 Å². The van der Waals surface area contributed by atoms with Gasteiger partial charge in [-0.1, -0.05) is 48.5 Å². The van der Waals surface area contributed by atoms with Gasteiger partial charge in [-0.25, -0.2) is 0 Å². The molecule has 0 aliphatic carbocycles. The number of hydrogen-bond donors (Lipinski definition) is 2. The molecule has 1 aromatic heterocycles. The number of benzene rings is 2. The first-order valence-corrected chi connectivity index (χ1v) is 8.61. The quantitative estimate of drug-likeness (QED) is 0.654. The van der Waals surface area contributed by atoms with Gasteiger partial charge in [0.25, 0.3) is 11.8 Å². The minimum Gasteiger partial charge on any atom is -0.465 e. The molecule has 3 rings (SSSR count). The fraction of sp³-hybridized carbons (Fsp3) is 0.0909. The van der Waals surface area contributed by atoms with Crippen LogP contribution in [-0.2, 0) is 4.79 Å². The van der Waals surface area contributed by atoms with Crippen molar-refractivity contribution < 1.29 is 14.0 Å². The van der Waals surface area contributed by atoms with E-state index in [4.69, 9.17) is 4.42 Å². The maximum atomic E-state index is 12.8. The van der Waals surface area contributed by atoms with E-state index in [-0.39, 0.29) is 17.6 Å². The minimum atomic E-state index is -0.396. The Bertz CT molecular complexity index is 917. The monoisotopic (exact) mass is 360 g/mol. The zero-order valence-electron chi connectivity index (χ0n) is 14.9. The molecular weight excluding hydrogens is 340 g/mol. The van der Waals surface area contributed by atoms with E-state index in [2.05, 4.69) is 10.6 Å². The first-order valence-electron chi connectivity index (χ1n) is 8.61. The molecule has 0 fully saturated rings. The molecular formula is C22H20N2O3. The molecule has 0 saturated heterocycles. The van der Waals surface area contributed by atoms with Crippen LogP contribution in [-0.4, -0.2) is 11.8 Å². The molecule has 5 heteroatoms. The van der Waals surface area contributed by atoms with Crippen LogP contribution in [0.1, 0.15) is 34.6 Å². The summed E-state index contributed by atoms with van der Waals surface area (Å²) in [5, 5.41) is 5.58. The molecule has 1 atom stereocenters. The molecule has 0 aliphatic rings. The average molecular weight is 360 g/mol. The Labute approximate surface area is 157 Å². The minimum absolute atomic E-state index is 0.113. The van der Waals surface area contributed by atoms with E-state index in [9.17, 15) is 9.59 Å². The van der Waals surface area contributed by atoms with E-state index in [1.807, 2.05) is 43.3 Å². The van der Waals surface area contributed by atoms with Gasteiger partial charge in [0.05, 0.1) is 12.3 Å². The lowest BCUT2D eigenvalue weighted by Gasteiger charge is -2.16. The van der Waals surface area contributed by atoms with Gasteiger partial charge in [0, 0.05) is 11.6 Å². The lowest BCUT2D eigenvalue weighted by Crippen LogP contribution is -2.36. The first kappa shape index (κ1) is 18.2. The topological polar surface area (TPSA) is 71.3 Å². The van der Waals surface area contributed by atoms with Gasteiger partial charge in [-0.15, -0.1) is 0 Å². The summed E-state index contributed by atoms with van der Waals surface area (Å²) < 4.78 is 5.28. The highest BCUT2D eigenvalue weighted by Gasteiger charge is 2.17. The fourth-order valence-electron chi connectivity index (χ4n) is 2.56. The maximum absolute atomic E-state index is 12.8. The molecule has 1 heterocycles. The third kappa shape index (κ3) is 4.95. The highest BCUT2D eigenvalue weighted by molar-refractivity contribution is 6.05. The maximum Gasteiger partial charge on any atom is 0.268 e. The number of carbonyl (C=O) groups excluding carboxylic acids is 2. The summed E-state index contributed by atoms with van der Waals surface area (Å²) in [6.07, 6.45) is 3.01. The number of nitrogens with one attached hydrogen (secondary N) is 2. The molecule has 5 nitrogen and oxygen atoms in total. The van der Waals surface area contributed by atoms with Crippen molar-refractivity contribution in [3.05, 3.63) is 102 Å². The molecule has 0 radical (unpaired) electrons. The van der Waals surface area contributed by atoms with Gasteiger partial charge >= 0.3 is 0 Å². The van der Waals surface area contributed by atoms with Crippen molar-refractivity contribution in [3.8, 4) is 0 Å². The summed E-state index contributed by atoms with van der Waals surface area (Å²) in [4.78, 5) is 25.3. The standard InChI is InChI=1S/C22H20N2O3/c1-16(17-9-4-2-5-10-17)23-22(26)20(15-19-13-8-14-27-19)24-21(25)18-11-6-3-7-12-18/h2-16H,1H3,(H,23,26)(H,24,25)/b20-15-/t16-/m1/s1. The second kappa shape index (κ2) is 8.67. The fourth-order valence-corrected chi connectivity index (χ4v) is 2.56. The molecule has 0 spiro atoms. The molecule has 2 amide bonds. The third-order valence-electron chi connectivity index (χ3n) is 4.01. The highest BCUT2D eigenvalue weighted by Crippen LogP contribution is 2.13. The molecule has 2 aromatic carbocycles. The van der Waals surface area contributed by atoms with Crippen LogP contribution in [0.2, 0.25) is 0 Å². The second-order valence-electron chi connectivity index (χ2n) is 6.00. The molecule has 0 unspecified atom stereocenters. The van der Waals surface area contributed by atoms with E-state index >= 15 is 0 Å². The largest absolute Gasteiger partial charge is 0.465 e. The van der Waals surface area contributed by atoms with Crippen LogP contribution < -0.4 is 10.6 Å². The number of amides is 2. The van der Waals surface area contributed by atoms with E-state index in [0.717, 1.165) is 5.56 Å². The predicted molar refractivity (Wildman–Crippen MR) is 104 cm³/mol. The summed E-state index contributed by atoms with van der Waals surface area (Å²) >= 11 is 0. The Balaban J connectivity index is 1.79. The van der Waals surface area contributed by atoms with Gasteiger partial charge in [0.15, 0.2) is 0 Å². The van der Waals surface area contributed by atoms with Crippen molar-refractivity contribution in [2.24, 2.45) is 0 Å². The highest BCUT2D eigenvalue weighted by atomic mass is 16.3. The number of furan rings is 1. The van der Waals surface area contributed by atoms with Gasteiger partial charge in [-0.2, -0.15) is 0 Å². The Morgan fingerprint density at radius 2 is 1.59 bits per heavy atom. The summed E-state index contributed by atoms with van der Waals surface area (Å²) in [5.41, 5.74) is 1.55. The summed E-state index contributed by atoms with van der Waals surface area (Å²) in [6, 6.07) is 21.5. The zero-order valence-corrected chi connectivity index (χ0v) is 14.9. The third-order valence-corrected chi connectivity index (χ3v) is 4.01. The number of hydrogen-bond acceptors (Lipinski definition) is 3. The lowest BCUT2D eigenvalue weighted by molar-refractivity contribution is -0.118. The van der Waals surface area contributed by atoms with Gasteiger partial charge in [0.1, 0.15) is 11.5 Å². The molecule has 0 aliphatic heterocycles. The summed E-state index contributed by atoms with van der Waals surface area (Å²) in [5.74, 6) is -0.288. The van der Waals surface area contributed by atoms with E-state index in [0.29, 0.717) is 11.3 Å². The van der Waals surface area contributed by atoms with Crippen molar-refractivity contribution in [1.29, 1.82) is 0 Å². The molecule has 0 bridgehead atoms. The Hall–Kier alpha value is -3.60. The Morgan fingerprint density at radius 3 is 2.22 bits per heavy atom. The normalized spacial score (nSPS) is 12.3. The van der Waals surface area contributed by atoms with Gasteiger partial charge < -0.3 is 15.1 Å². The van der Waals surface area contributed by atoms with Crippen LogP contribution in [0.3, 0.4) is 0 Å². The molecule has 136 valence electrons. The van der Waals surface area contributed by atoms with Crippen molar-refractivity contribution in [3.63, 3.8) is 0 Å². The van der Waals surface area contributed by atoms with Crippen molar-refractivity contribution in [1.82, 2.24) is 10.6 Å². The molecule has 2 N–H and O–H groups in total. The summed E-state index contributed by atoms with van der Waals surface area (Å²) in [7, 11) is 0. The average Bonchev–Trinajstić information content (AvgIpc) is 3.22. The van der Waals surface area contributed by atoms with Gasteiger partial charge in [0.2, 0.25) is 0 Å². The van der Waals surface area contributed by atoms with Gasteiger partial charge in [-0.05, 0) is 36.8 Å². The first-order chi connectivity index (χ1) is 13.1. The van der Waals surface area contributed by atoms with E-state index in [1.54, 1.807) is 36.4 Å². The van der Waals surface area contributed by atoms with E-state index < -0.39 is 5.91 Å². The Kier molecular flexibility index (Phi) is 5.84. The predicted octanol–water partition coefficient (Wildman–Crippen LogP) is 3.93. The Morgan fingerprint density at radius 1 is 0.926 bits per heavy atom. The van der Waals surface area contributed by atoms with Crippen LogP contribution in [0.15, 0.2) is 89.2 Å². The van der Waals surface area contributed by atoms with Crippen molar-refractivity contribution in [2.45, 2.75) is 13.0 Å². The molecule has 3 aromatic rings. The number of rotatable bonds is 6. The van der Waals surface area contributed by atoms with Gasteiger partial charge in [-0.3, -0.25) is 9.59 Å². The summed E-state index contributed by atoms with van der Waals surface area (Å²) in [6.45, 7) is 1.89. The van der Waals surface area contributed by atoms with Crippen LogP contribution in [0.25, 0.3) is 6.08 Å². The van der Waals surface area contributed by atoms with Crippen molar-refractivity contribution >= 4 is 17.9 Å². The van der Waals surface area contributed by atoms with E-state index in [1.165, 1.54) is 12.3 Å². The van der Waals surface area contributed by atoms with Crippen LogP contribution in [0, 0.1) is 0 Å². The van der Waals surface area contributed by atoms with Crippen LogP contribution >= 0.6 is 0 Å². The number of carbonyl (C=O) groups is 2. The second-order valence-corrected chi connectivity index (χ2v) is 6.00. The zero-order chi connectivity index (χ0) is 19.1.